The second kappa shape index (κ2) is 11.6. The lowest BCUT2D eigenvalue weighted by Gasteiger charge is -2.13. The maximum atomic E-state index is 10.5. The Morgan fingerprint density at radius 3 is 2.59 bits per heavy atom. The van der Waals surface area contributed by atoms with Crippen molar-refractivity contribution in [3.05, 3.63) is 48.4 Å². The number of benzene rings is 1. The van der Waals surface area contributed by atoms with Gasteiger partial charge in [-0.25, -0.2) is 0 Å². The Morgan fingerprint density at radius 1 is 1.28 bits per heavy atom. The van der Waals surface area contributed by atoms with Crippen LogP contribution in [0.3, 0.4) is 0 Å². The number of nitrogens with one attached hydrogen (secondary N) is 2. The molecule has 5 N–H and O–H groups in total. The van der Waals surface area contributed by atoms with E-state index >= 15 is 0 Å². The van der Waals surface area contributed by atoms with E-state index in [1.165, 1.54) is 0 Å². The van der Waals surface area contributed by atoms with Gasteiger partial charge in [0.2, 0.25) is 0 Å². The van der Waals surface area contributed by atoms with Crippen molar-refractivity contribution in [2.75, 3.05) is 25.6 Å². The molecule has 0 saturated heterocycles. The van der Waals surface area contributed by atoms with Gasteiger partial charge in [0.05, 0.1) is 44.3 Å². The van der Waals surface area contributed by atoms with Crippen molar-refractivity contribution in [3.63, 3.8) is 0 Å². The van der Waals surface area contributed by atoms with Gasteiger partial charge in [-0.15, -0.1) is 0 Å². The summed E-state index contributed by atoms with van der Waals surface area (Å²) in [4.78, 5) is 8.78. The highest BCUT2D eigenvalue weighted by molar-refractivity contribution is 5.75. The van der Waals surface area contributed by atoms with Crippen LogP contribution in [0.5, 0.6) is 11.5 Å². The maximum absolute atomic E-state index is 10.5. The Kier molecular flexibility index (Phi) is 8.95. The molecule has 0 aliphatic carbocycles. The molecule has 3 aromatic rings. The number of aliphatic carboxylic acids is 1. The molecular weight excluding hydrogens is 433 g/mol. The normalized spacial score (nSPS) is 10.8. The summed E-state index contributed by atoms with van der Waals surface area (Å²) in [5, 5.41) is 19.4. The van der Waals surface area contributed by atoms with Gasteiger partial charge >= 0.3 is 6.18 Å². The summed E-state index contributed by atoms with van der Waals surface area (Å²) >= 11 is 0. The number of hydrogen-bond acceptors (Lipinski definition) is 7. The number of aromatic nitrogens is 2. The lowest BCUT2D eigenvalue weighted by Crippen LogP contribution is -2.50. The number of carbonyl (C=O) groups excluding carboxylic acids is 1. The predicted molar refractivity (Wildman–Crippen MR) is 106 cm³/mol. The SMILES string of the molecule is COc1cccc(OCCC[NH3+])c1-c1cc(NCc2ccco2)n[nH]1.O=C([O-])C(F)(F)F. The lowest BCUT2D eigenvalue weighted by molar-refractivity contribution is -0.368. The standard InChI is InChI=1S/C18H22N4O3.C2HF3O2/c1-23-15-6-2-7-16(25-10-4-8-19)18(15)14-11-17(22-21-14)20-12-13-5-3-9-24-13;3-2(4,5)1(6)7/h2-3,5-7,9,11H,4,8,10,12,19H2,1H3,(H2,20,21,22);(H,6,7). The van der Waals surface area contributed by atoms with E-state index in [0.29, 0.717) is 13.2 Å². The molecule has 0 bridgehead atoms. The van der Waals surface area contributed by atoms with Crippen molar-refractivity contribution in [3.8, 4) is 22.8 Å². The van der Waals surface area contributed by atoms with Gasteiger partial charge in [-0.1, -0.05) is 6.07 Å². The van der Waals surface area contributed by atoms with E-state index in [4.69, 9.17) is 23.8 Å². The number of H-pyrrole nitrogens is 1. The van der Waals surface area contributed by atoms with Crippen molar-refractivity contribution in [1.29, 1.82) is 0 Å². The number of anilines is 1. The molecule has 9 nitrogen and oxygen atoms in total. The van der Waals surface area contributed by atoms with E-state index < -0.39 is 12.1 Å². The molecule has 32 heavy (non-hydrogen) atoms. The van der Waals surface area contributed by atoms with E-state index in [9.17, 15) is 13.2 Å². The molecule has 1 aromatic carbocycles. The third kappa shape index (κ3) is 7.23. The smallest absolute Gasteiger partial charge is 0.430 e. The fourth-order valence-electron chi connectivity index (χ4n) is 2.48. The average molecular weight is 456 g/mol. The van der Waals surface area contributed by atoms with Crippen LogP contribution in [-0.2, 0) is 11.3 Å². The zero-order valence-corrected chi connectivity index (χ0v) is 17.2. The first-order valence-electron chi connectivity index (χ1n) is 9.45. The van der Waals surface area contributed by atoms with E-state index in [1.807, 2.05) is 36.4 Å². The highest BCUT2D eigenvalue weighted by Gasteiger charge is 2.28. The monoisotopic (exact) mass is 456 g/mol. The summed E-state index contributed by atoms with van der Waals surface area (Å²) in [5.41, 5.74) is 5.52. The van der Waals surface area contributed by atoms with Crippen molar-refractivity contribution in [2.24, 2.45) is 0 Å². The van der Waals surface area contributed by atoms with Crippen molar-refractivity contribution >= 4 is 11.8 Å². The van der Waals surface area contributed by atoms with Gasteiger partial charge < -0.3 is 34.8 Å². The third-order valence-electron chi connectivity index (χ3n) is 3.96. The topological polar surface area (TPSA) is 140 Å². The Hall–Kier alpha value is -3.67. The first kappa shape index (κ1) is 24.6. The highest BCUT2D eigenvalue weighted by Crippen LogP contribution is 2.38. The van der Waals surface area contributed by atoms with Crippen LogP contribution in [0.2, 0.25) is 0 Å². The second-order valence-electron chi connectivity index (χ2n) is 6.27. The molecule has 0 amide bonds. The molecule has 2 heterocycles. The Balaban J connectivity index is 0.000000451. The number of carboxylic acid groups (broad SMARTS) is 1. The van der Waals surface area contributed by atoms with Crippen LogP contribution in [0.15, 0.2) is 47.1 Å². The quantitative estimate of drug-likeness (QED) is 0.416. The second-order valence-corrected chi connectivity index (χ2v) is 6.27. The van der Waals surface area contributed by atoms with E-state index in [1.54, 1.807) is 13.4 Å². The predicted octanol–water partition coefficient (Wildman–Crippen LogP) is 1.60. The fraction of sp³-hybridized carbons (Fsp3) is 0.300. The molecule has 0 radical (unpaired) electrons. The summed E-state index contributed by atoms with van der Waals surface area (Å²) in [6, 6.07) is 11.4. The lowest BCUT2D eigenvalue weighted by atomic mass is 10.1. The number of alkyl halides is 3. The highest BCUT2D eigenvalue weighted by atomic mass is 19.4. The van der Waals surface area contributed by atoms with Crippen LogP contribution in [0.4, 0.5) is 19.0 Å². The number of nitrogens with zero attached hydrogens (tertiary/aromatic N) is 1. The number of carbonyl (C=O) groups is 1. The van der Waals surface area contributed by atoms with Gasteiger partial charge in [-0.05, 0) is 24.3 Å². The number of carboxylic acids is 1. The molecule has 2 aromatic heterocycles. The molecule has 174 valence electrons. The van der Waals surface area contributed by atoms with Crippen molar-refractivity contribution in [2.45, 2.75) is 19.1 Å². The molecule has 0 aliphatic rings. The number of hydrogen-bond donors (Lipinski definition) is 3. The first-order chi connectivity index (χ1) is 15.3. The molecule has 0 aliphatic heterocycles. The summed E-state index contributed by atoms with van der Waals surface area (Å²) in [6.07, 6.45) is -2.65. The fourth-order valence-corrected chi connectivity index (χ4v) is 2.48. The average Bonchev–Trinajstić information content (AvgIpc) is 3.44. The van der Waals surface area contributed by atoms with Gasteiger partial charge in [0.25, 0.3) is 0 Å². The van der Waals surface area contributed by atoms with Crippen LogP contribution in [0.25, 0.3) is 11.3 Å². The van der Waals surface area contributed by atoms with Gasteiger partial charge in [0.1, 0.15) is 29.0 Å². The number of aromatic amines is 1. The molecule has 0 atom stereocenters. The van der Waals surface area contributed by atoms with Crippen LogP contribution < -0.4 is 25.6 Å². The van der Waals surface area contributed by atoms with Crippen molar-refractivity contribution < 1.29 is 42.7 Å². The molecule has 0 spiro atoms. The molecule has 0 unspecified atom stereocenters. The van der Waals surface area contributed by atoms with Crippen molar-refractivity contribution in [1.82, 2.24) is 10.2 Å². The summed E-state index contributed by atoms with van der Waals surface area (Å²) in [6.45, 7) is 2.02. The third-order valence-corrected chi connectivity index (χ3v) is 3.96. The maximum Gasteiger partial charge on any atom is 0.430 e. The zero-order valence-electron chi connectivity index (χ0n) is 17.2. The summed E-state index contributed by atoms with van der Waals surface area (Å²) in [5.74, 6) is 0.0509. The number of rotatable bonds is 9. The minimum absolute atomic E-state index is 0.566. The number of ether oxygens (including phenoxy) is 2. The molecule has 0 saturated carbocycles. The Bertz CT molecular complexity index is 974. The summed E-state index contributed by atoms with van der Waals surface area (Å²) in [7, 11) is 1.64. The molecular formula is C20H23F3N4O5. The van der Waals surface area contributed by atoms with E-state index in [2.05, 4.69) is 21.2 Å². The minimum Gasteiger partial charge on any atom is -0.542 e. The number of halogens is 3. The molecule has 3 rings (SSSR count). The largest absolute Gasteiger partial charge is 0.542 e. The van der Waals surface area contributed by atoms with Crippen LogP contribution in [0, 0.1) is 0 Å². The first-order valence-corrected chi connectivity index (χ1v) is 9.45. The van der Waals surface area contributed by atoms with Gasteiger partial charge in [-0.2, -0.15) is 18.3 Å². The van der Waals surface area contributed by atoms with E-state index in [-0.39, 0.29) is 0 Å². The number of quaternary nitrogens is 1. The van der Waals surface area contributed by atoms with Crippen LogP contribution in [-0.4, -0.2) is 42.6 Å². The number of methoxy groups -OCH3 is 1. The van der Waals surface area contributed by atoms with E-state index in [0.717, 1.165) is 47.3 Å². The van der Waals surface area contributed by atoms with Crippen LogP contribution >= 0.6 is 0 Å². The zero-order chi connectivity index (χ0) is 23.6. The van der Waals surface area contributed by atoms with Gasteiger partial charge in [0, 0.05) is 12.5 Å². The summed E-state index contributed by atoms with van der Waals surface area (Å²) < 4.78 is 48.3. The molecule has 0 fully saturated rings. The Morgan fingerprint density at radius 2 is 2.00 bits per heavy atom. The Labute approximate surface area is 181 Å². The van der Waals surface area contributed by atoms with Crippen LogP contribution in [0.1, 0.15) is 12.2 Å². The van der Waals surface area contributed by atoms with Gasteiger partial charge in [0.15, 0.2) is 0 Å². The van der Waals surface area contributed by atoms with Gasteiger partial charge in [-0.3, -0.25) is 5.10 Å². The molecule has 12 heteroatoms. The number of furan rings is 1. The minimum atomic E-state index is -5.19.